The van der Waals surface area contributed by atoms with E-state index in [9.17, 15) is 0 Å². The molecule has 0 saturated carbocycles. The molecule has 6 nitrogen and oxygen atoms in total. The van der Waals surface area contributed by atoms with Crippen LogP contribution in [0, 0.1) is 5.92 Å². The first-order valence-electron chi connectivity index (χ1n) is 7.68. The van der Waals surface area contributed by atoms with Crippen LogP contribution in [-0.4, -0.2) is 36.5 Å². The Bertz CT molecular complexity index is 558. The topological polar surface area (TPSA) is 84.3 Å². The molecule has 0 saturated heterocycles. The van der Waals surface area contributed by atoms with Gasteiger partial charge in [0.05, 0.1) is 13.5 Å². The predicted molar refractivity (Wildman–Crippen MR) is 84.1 cm³/mol. The third-order valence-electron chi connectivity index (χ3n) is 3.98. The smallest absolute Gasteiger partial charge is 0.288 e. The van der Waals surface area contributed by atoms with Gasteiger partial charge in [-0.1, -0.05) is 6.92 Å². The average molecular weight is 309 g/mol. The van der Waals surface area contributed by atoms with E-state index in [4.69, 9.17) is 20.5 Å². The highest BCUT2D eigenvalue weighted by molar-refractivity contribution is 5.77. The fraction of sp³-hybridized carbons (Fsp3) is 0.562. The Labute approximate surface area is 131 Å². The standard InChI is InChI=1S/C16H25N3O3/c1-11-7-12-9-14(18-21-2)15(10-13(12)8-11)19(22-3)16(17)5-4-6-20/h9-11,17-18,20H,4-8H2,1-3H3/p+2. The van der Waals surface area contributed by atoms with Crippen LogP contribution in [0.2, 0.25) is 0 Å². The van der Waals surface area contributed by atoms with Gasteiger partial charge in [-0.25, -0.2) is 4.84 Å². The van der Waals surface area contributed by atoms with Gasteiger partial charge in [0, 0.05) is 12.7 Å². The maximum atomic E-state index is 8.98. The van der Waals surface area contributed by atoms with Gasteiger partial charge in [0.1, 0.15) is 7.11 Å². The van der Waals surface area contributed by atoms with Crippen molar-refractivity contribution in [2.24, 2.45) is 11.7 Å². The van der Waals surface area contributed by atoms with Gasteiger partial charge in [-0.3, -0.25) is 5.73 Å². The summed E-state index contributed by atoms with van der Waals surface area (Å²) in [6, 6.07) is 4.29. The Hall–Kier alpha value is -1.63. The van der Waals surface area contributed by atoms with Crippen LogP contribution in [0.25, 0.3) is 0 Å². The SMILES string of the molecule is CO[NH2+]c1cc2c(cc1/[N+](OC)=C(\N)CCCO)CC(C)C2. The number of nitrogens with zero attached hydrogens (tertiary/aromatic N) is 1. The number of quaternary nitrogens is 1. The monoisotopic (exact) mass is 309 g/mol. The Morgan fingerprint density at radius 1 is 1.36 bits per heavy atom. The molecule has 0 aliphatic heterocycles. The van der Waals surface area contributed by atoms with E-state index in [1.54, 1.807) is 24.4 Å². The molecule has 1 unspecified atom stereocenters. The fourth-order valence-corrected chi connectivity index (χ4v) is 3.03. The van der Waals surface area contributed by atoms with Crippen LogP contribution in [0.15, 0.2) is 12.1 Å². The Balaban J connectivity index is 2.45. The van der Waals surface area contributed by atoms with Crippen molar-refractivity contribution in [2.45, 2.75) is 32.6 Å². The molecular formula is C16H27N3O3+2. The molecule has 1 aliphatic carbocycles. The summed E-state index contributed by atoms with van der Waals surface area (Å²) in [6.45, 7) is 2.37. The highest BCUT2D eigenvalue weighted by atomic mass is 16.7. The fourth-order valence-electron chi connectivity index (χ4n) is 3.03. The second-order valence-corrected chi connectivity index (χ2v) is 5.84. The summed E-state index contributed by atoms with van der Waals surface area (Å²) in [4.78, 5) is 10.7. The predicted octanol–water partition coefficient (Wildman–Crippen LogP) is 0.513. The van der Waals surface area contributed by atoms with Gasteiger partial charge >= 0.3 is 0 Å². The minimum absolute atomic E-state index is 0.108. The third kappa shape index (κ3) is 3.58. The Kier molecular flexibility index (Phi) is 5.76. The molecular weight excluding hydrogens is 282 g/mol. The van der Waals surface area contributed by atoms with E-state index in [0.29, 0.717) is 24.6 Å². The summed E-state index contributed by atoms with van der Waals surface area (Å²) in [5.41, 5.74) is 12.4. The summed E-state index contributed by atoms with van der Waals surface area (Å²) in [5.74, 6) is 1.24. The molecule has 0 spiro atoms. The summed E-state index contributed by atoms with van der Waals surface area (Å²) in [7, 11) is 3.23. The molecule has 0 aromatic heterocycles. The molecule has 22 heavy (non-hydrogen) atoms. The number of hydrogen-bond acceptors (Lipinski definition) is 3. The zero-order valence-electron chi connectivity index (χ0n) is 13.6. The van der Waals surface area contributed by atoms with E-state index in [0.717, 1.165) is 24.2 Å². The number of amidine groups is 1. The van der Waals surface area contributed by atoms with Crippen molar-refractivity contribution in [1.29, 1.82) is 0 Å². The van der Waals surface area contributed by atoms with Crippen LogP contribution in [0.4, 0.5) is 11.4 Å². The molecule has 122 valence electrons. The van der Waals surface area contributed by atoms with Gasteiger partial charge < -0.3 is 9.94 Å². The van der Waals surface area contributed by atoms with Crippen LogP contribution in [0.5, 0.6) is 0 Å². The number of fused-ring (bicyclic) bond motifs is 1. The van der Waals surface area contributed by atoms with Crippen molar-refractivity contribution in [1.82, 2.24) is 0 Å². The zero-order valence-corrected chi connectivity index (χ0v) is 13.6. The molecule has 0 bridgehead atoms. The number of aliphatic hydroxyl groups is 1. The highest BCUT2D eigenvalue weighted by Crippen LogP contribution is 2.33. The molecule has 0 radical (unpaired) electrons. The Morgan fingerprint density at radius 3 is 2.64 bits per heavy atom. The number of aliphatic hydroxyl groups excluding tert-OH is 1. The molecule has 1 aromatic carbocycles. The molecule has 6 heteroatoms. The summed E-state index contributed by atoms with van der Waals surface area (Å²) >= 11 is 0. The van der Waals surface area contributed by atoms with Gasteiger partial charge in [0.25, 0.3) is 5.84 Å². The minimum Gasteiger partial charge on any atom is -0.396 e. The van der Waals surface area contributed by atoms with Gasteiger partial charge in [0.15, 0.2) is 0 Å². The quantitative estimate of drug-likeness (QED) is 0.225. The Morgan fingerprint density at radius 2 is 2.05 bits per heavy atom. The number of hydrogen-bond donors (Lipinski definition) is 3. The van der Waals surface area contributed by atoms with Crippen LogP contribution in [0.1, 0.15) is 30.9 Å². The van der Waals surface area contributed by atoms with Crippen molar-refractivity contribution in [3.8, 4) is 0 Å². The first kappa shape index (κ1) is 16.7. The van der Waals surface area contributed by atoms with E-state index >= 15 is 0 Å². The van der Waals surface area contributed by atoms with Crippen molar-refractivity contribution < 1.29 is 25.0 Å². The van der Waals surface area contributed by atoms with Gasteiger partial charge in [-0.2, -0.15) is 5.48 Å². The minimum atomic E-state index is 0.108. The molecule has 1 aromatic rings. The molecule has 1 atom stereocenters. The van der Waals surface area contributed by atoms with Gasteiger partial charge in [-0.05, 0) is 47.1 Å². The van der Waals surface area contributed by atoms with E-state index in [-0.39, 0.29) is 6.61 Å². The third-order valence-corrected chi connectivity index (χ3v) is 3.98. The first-order chi connectivity index (χ1) is 10.6. The van der Waals surface area contributed by atoms with Crippen molar-refractivity contribution in [3.05, 3.63) is 23.3 Å². The van der Waals surface area contributed by atoms with E-state index in [2.05, 4.69) is 19.1 Å². The van der Waals surface area contributed by atoms with Crippen LogP contribution >= 0.6 is 0 Å². The zero-order chi connectivity index (χ0) is 16.1. The van der Waals surface area contributed by atoms with Crippen LogP contribution < -0.4 is 11.2 Å². The van der Waals surface area contributed by atoms with E-state index in [1.807, 2.05) is 0 Å². The van der Waals surface area contributed by atoms with Crippen molar-refractivity contribution >= 4 is 17.2 Å². The van der Waals surface area contributed by atoms with Gasteiger partial charge in [-0.15, -0.1) is 0 Å². The molecule has 5 N–H and O–H groups in total. The lowest BCUT2D eigenvalue weighted by molar-refractivity contribution is -0.835. The number of benzene rings is 1. The number of rotatable bonds is 7. The largest absolute Gasteiger partial charge is 0.396 e. The van der Waals surface area contributed by atoms with Crippen LogP contribution in [0.3, 0.4) is 0 Å². The summed E-state index contributed by atoms with van der Waals surface area (Å²) in [5, 5.41) is 8.98. The van der Waals surface area contributed by atoms with E-state index in [1.165, 1.54) is 11.1 Å². The molecule has 2 rings (SSSR count). The highest BCUT2D eigenvalue weighted by Gasteiger charge is 2.26. The maximum absolute atomic E-state index is 8.98. The summed E-state index contributed by atoms with van der Waals surface area (Å²) in [6.07, 6.45) is 3.35. The lowest BCUT2D eigenvalue weighted by Crippen LogP contribution is -2.76. The van der Waals surface area contributed by atoms with Crippen molar-refractivity contribution in [2.75, 3.05) is 20.8 Å². The molecule has 0 fully saturated rings. The lowest BCUT2D eigenvalue weighted by Gasteiger charge is -2.11. The van der Waals surface area contributed by atoms with Gasteiger partial charge in [0.2, 0.25) is 11.4 Å². The normalized spacial score (nSPS) is 18.1. The summed E-state index contributed by atoms with van der Waals surface area (Å²) < 4.78 is 1.63. The van der Waals surface area contributed by atoms with Crippen LogP contribution in [-0.2, 0) is 22.5 Å². The second-order valence-electron chi connectivity index (χ2n) is 5.84. The average Bonchev–Trinajstić information content (AvgIpc) is 2.85. The lowest BCUT2D eigenvalue weighted by atomic mass is 10.1. The first-order valence-corrected chi connectivity index (χ1v) is 7.68. The molecule has 1 aliphatic rings. The second kappa shape index (κ2) is 7.58. The molecule has 0 amide bonds. The molecule has 0 heterocycles. The number of nitrogens with two attached hydrogens (primary N) is 2. The van der Waals surface area contributed by atoms with E-state index < -0.39 is 0 Å². The van der Waals surface area contributed by atoms with Crippen molar-refractivity contribution in [3.63, 3.8) is 0 Å². The maximum Gasteiger partial charge on any atom is 0.288 e.